The van der Waals surface area contributed by atoms with Crippen LogP contribution in [0.25, 0.3) is 0 Å². The third-order valence-electron chi connectivity index (χ3n) is 2.94. The van der Waals surface area contributed by atoms with Crippen molar-refractivity contribution in [2.75, 3.05) is 47.8 Å². The molecule has 3 heteroatoms. The predicted molar refractivity (Wildman–Crippen MR) is 63.7 cm³/mol. The van der Waals surface area contributed by atoms with Crippen LogP contribution in [0.5, 0.6) is 0 Å². The molecule has 0 saturated carbocycles. The van der Waals surface area contributed by atoms with Crippen LogP contribution in [0.4, 0.5) is 0 Å². The Bertz CT molecular complexity index is 136. The third kappa shape index (κ3) is 5.58. The molecule has 86 valence electrons. The molecule has 2 atom stereocenters. The van der Waals surface area contributed by atoms with Crippen molar-refractivity contribution in [3.05, 3.63) is 0 Å². The minimum absolute atomic E-state index is 0.641. The smallest absolute Gasteiger partial charge is 0.0109 e. The molecule has 14 heavy (non-hydrogen) atoms. The van der Waals surface area contributed by atoms with Crippen molar-refractivity contribution in [3.63, 3.8) is 0 Å². The predicted octanol–water partition coefficient (Wildman–Crippen LogP) is 0.724. The Balaban J connectivity index is 3.79. The van der Waals surface area contributed by atoms with E-state index in [2.05, 4.69) is 50.1 Å². The van der Waals surface area contributed by atoms with Crippen molar-refractivity contribution in [1.82, 2.24) is 15.1 Å². The first-order chi connectivity index (χ1) is 6.49. The van der Waals surface area contributed by atoms with Gasteiger partial charge in [-0.25, -0.2) is 0 Å². The molecule has 0 aliphatic heterocycles. The first-order valence-corrected chi connectivity index (χ1v) is 5.48. The fourth-order valence-electron chi connectivity index (χ4n) is 1.49. The summed E-state index contributed by atoms with van der Waals surface area (Å²) in [4.78, 5) is 4.66. The van der Waals surface area contributed by atoms with E-state index in [-0.39, 0.29) is 0 Å². The molecular formula is C11H27N3. The van der Waals surface area contributed by atoms with Crippen molar-refractivity contribution in [2.45, 2.75) is 19.9 Å². The summed E-state index contributed by atoms with van der Waals surface area (Å²) in [5, 5.41) is 3.23. The first kappa shape index (κ1) is 13.9. The number of likely N-dealkylation sites (N-methyl/N-ethyl adjacent to an activating group) is 2. The molecule has 2 unspecified atom stereocenters. The van der Waals surface area contributed by atoms with E-state index in [0.29, 0.717) is 12.0 Å². The van der Waals surface area contributed by atoms with Gasteiger partial charge in [-0.15, -0.1) is 0 Å². The van der Waals surface area contributed by atoms with Crippen molar-refractivity contribution in [3.8, 4) is 0 Å². The average molecular weight is 201 g/mol. The van der Waals surface area contributed by atoms with E-state index in [9.17, 15) is 0 Å². The van der Waals surface area contributed by atoms with E-state index in [1.807, 2.05) is 7.05 Å². The molecule has 0 heterocycles. The van der Waals surface area contributed by atoms with Gasteiger partial charge in [0.2, 0.25) is 0 Å². The van der Waals surface area contributed by atoms with Gasteiger partial charge < -0.3 is 15.1 Å². The SMILES string of the molecule is CNCC(C)C(C)N(C)CCN(C)C. The lowest BCUT2D eigenvalue weighted by atomic mass is 10.0. The maximum absolute atomic E-state index is 3.23. The molecule has 0 radical (unpaired) electrons. The second-order valence-corrected chi connectivity index (χ2v) is 4.56. The zero-order chi connectivity index (χ0) is 11.1. The van der Waals surface area contributed by atoms with Crippen molar-refractivity contribution >= 4 is 0 Å². The lowest BCUT2D eigenvalue weighted by molar-refractivity contribution is 0.181. The molecule has 0 amide bonds. The van der Waals surface area contributed by atoms with Crippen LogP contribution in [0, 0.1) is 5.92 Å². The van der Waals surface area contributed by atoms with Crippen LogP contribution in [0.15, 0.2) is 0 Å². The van der Waals surface area contributed by atoms with Gasteiger partial charge in [-0.3, -0.25) is 0 Å². The second-order valence-electron chi connectivity index (χ2n) is 4.56. The Morgan fingerprint density at radius 1 is 1.07 bits per heavy atom. The lowest BCUT2D eigenvalue weighted by Crippen LogP contribution is -2.41. The van der Waals surface area contributed by atoms with Crippen LogP contribution in [0.1, 0.15) is 13.8 Å². The van der Waals surface area contributed by atoms with Crippen LogP contribution in [-0.4, -0.2) is 63.7 Å². The van der Waals surface area contributed by atoms with Crippen LogP contribution < -0.4 is 5.32 Å². The molecule has 0 saturated heterocycles. The van der Waals surface area contributed by atoms with Crippen molar-refractivity contribution in [2.24, 2.45) is 5.92 Å². The highest BCUT2D eigenvalue weighted by atomic mass is 15.2. The minimum Gasteiger partial charge on any atom is -0.319 e. The standard InChI is InChI=1S/C11H27N3/c1-10(9-12-3)11(2)14(6)8-7-13(4)5/h10-12H,7-9H2,1-6H3. The highest BCUT2D eigenvalue weighted by Gasteiger charge is 2.15. The molecule has 0 aromatic carbocycles. The van der Waals surface area contributed by atoms with Gasteiger partial charge in [-0.2, -0.15) is 0 Å². The Hall–Kier alpha value is -0.120. The largest absolute Gasteiger partial charge is 0.319 e. The normalized spacial score (nSPS) is 16.3. The number of hydrogen-bond donors (Lipinski definition) is 1. The quantitative estimate of drug-likeness (QED) is 0.655. The second kappa shape index (κ2) is 7.21. The number of nitrogens with one attached hydrogen (secondary N) is 1. The number of nitrogens with zero attached hydrogens (tertiary/aromatic N) is 2. The first-order valence-electron chi connectivity index (χ1n) is 5.48. The van der Waals surface area contributed by atoms with Gasteiger partial charge in [0, 0.05) is 19.1 Å². The van der Waals surface area contributed by atoms with Gasteiger partial charge in [0.25, 0.3) is 0 Å². The van der Waals surface area contributed by atoms with Gasteiger partial charge in [0.05, 0.1) is 0 Å². The summed E-state index contributed by atoms with van der Waals surface area (Å²) in [5.41, 5.74) is 0. The van der Waals surface area contributed by atoms with Crippen LogP contribution in [0.2, 0.25) is 0 Å². The van der Waals surface area contributed by atoms with Crippen molar-refractivity contribution in [1.29, 1.82) is 0 Å². The minimum atomic E-state index is 0.641. The molecule has 1 N–H and O–H groups in total. The Morgan fingerprint density at radius 2 is 1.64 bits per heavy atom. The molecule has 0 aliphatic rings. The van der Waals surface area contributed by atoms with Gasteiger partial charge in [-0.1, -0.05) is 6.92 Å². The average Bonchev–Trinajstić information content (AvgIpc) is 2.13. The van der Waals surface area contributed by atoms with Gasteiger partial charge in [0.1, 0.15) is 0 Å². The topological polar surface area (TPSA) is 18.5 Å². The van der Waals surface area contributed by atoms with E-state index in [1.54, 1.807) is 0 Å². The molecule has 0 bridgehead atoms. The molecule has 0 fully saturated rings. The van der Waals surface area contributed by atoms with E-state index in [4.69, 9.17) is 0 Å². The Labute approximate surface area is 89.5 Å². The fraction of sp³-hybridized carbons (Fsp3) is 1.00. The summed E-state index contributed by atoms with van der Waals surface area (Å²) < 4.78 is 0. The summed E-state index contributed by atoms with van der Waals surface area (Å²) in [6, 6.07) is 0.641. The van der Waals surface area contributed by atoms with E-state index in [0.717, 1.165) is 19.6 Å². The zero-order valence-corrected chi connectivity index (χ0v) is 10.7. The third-order valence-corrected chi connectivity index (χ3v) is 2.94. The Kier molecular flexibility index (Phi) is 7.15. The van der Waals surface area contributed by atoms with Crippen LogP contribution >= 0.6 is 0 Å². The molecule has 0 aromatic rings. The molecule has 3 nitrogen and oxygen atoms in total. The van der Waals surface area contributed by atoms with E-state index in [1.165, 1.54) is 0 Å². The fourth-order valence-corrected chi connectivity index (χ4v) is 1.49. The summed E-state index contributed by atoms with van der Waals surface area (Å²) in [6.45, 7) is 7.97. The summed E-state index contributed by atoms with van der Waals surface area (Å²) in [7, 11) is 8.47. The van der Waals surface area contributed by atoms with E-state index < -0.39 is 0 Å². The highest BCUT2D eigenvalue weighted by Crippen LogP contribution is 2.07. The lowest BCUT2D eigenvalue weighted by Gasteiger charge is -2.30. The van der Waals surface area contributed by atoms with Crippen molar-refractivity contribution < 1.29 is 0 Å². The van der Waals surface area contributed by atoms with Gasteiger partial charge in [-0.05, 0) is 47.6 Å². The maximum atomic E-state index is 3.23. The summed E-state index contributed by atoms with van der Waals surface area (Å²) >= 11 is 0. The van der Waals surface area contributed by atoms with Gasteiger partial charge >= 0.3 is 0 Å². The molecule has 0 aliphatic carbocycles. The molecular weight excluding hydrogens is 174 g/mol. The maximum Gasteiger partial charge on any atom is 0.0109 e. The zero-order valence-electron chi connectivity index (χ0n) is 10.7. The molecule has 0 spiro atoms. The monoisotopic (exact) mass is 201 g/mol. The van der Waals surface area contributed by atoms with Crippen LogP contribution in [-0.2, 0) is 0 Å². The Morgan fingerprint density at radius 3 is 2.07 bits per heavy atom. The summed E-state index contributed by atoms with van der Waals surface area (Å²) in [5.74, 6) is 0.701. The number of rotatable bonds is 7. The highest BCUT2D eigenvalue weighted by molar-refractivity contribution is 4.71. The van der Waals surface area contributed by atoms with E-state index >= 15 is 0 Å². The summed E-state index contributed by atoms with van der Waals surface area (Å²) in [6.07, 6.45) is 0. The molecule has 0 rings (SSSR count). The number of hydrogen-bond acceptors (Lipinski definition) is 3. The van der Waals surface area contributed by atoms with Crippen LogP contribution in [0.3, 0.4) is 0 Å². The molecule has 0 aromatic heterocycles. The van der Waals surface area contributed by atoms with Gasteiger partial charge in [0.15, 0.2) is 0 Å².